The number of halogens is 1. The van der Waals surface area contributed by atoms with Crippen LogP contribution in [-0.2, 0) is 0 Å². The molecule has 2 heterocycles. The van der Waals surface area contributed by atoms with Gasteiger partial charge in [-0.25, -0.2) is 0 Å². The van der Waals surface area contributed by atoms with E-state index in [0.29, 0.717) is 16.1 Å². The second kappa shape index (κ2) is 5.74. The number of benzene rings is 1. The summed E-state index contributed by atoms with van der Waals surface area (Å²) in [6.07, 6.45) is 4.61. The van der Waals surface area contributed by atoms with Crippen LogP contribution >= 0.6 is 15.9 Å². The van der Waals surface area contributed by atoms with Crippen LogP contribution in [0.2, 0.25) is 0 Å². The second-order valence-electron chi connectivity index (χ2n) is 5.69. The van der Waals surface area contributed by atoms with Gasteiger partial charge in [0, 0.05) is 24.2 Å². The molecule has 3 rings (SSSR count). The molecule has 2 fully saturated rings. The minimum atomic E-state index is -0.0933. The quantitative estimate of drug-likeness (QED) is 0.871. The lowest BCUT2D eigenvalue weighted by Crippen LogP contribution is -2.47. The van der Waals surface area contributed by atoms with Crippen LogP contribution in [0.4, 0.5) is 0 Å². The van der Waals surface area contributed by atoms with Gasteiger partial charge in [-0.3, -0.25) is 4.79 Å². The first-order chi connectivity index (χ1) is 9.63. The van der Waals surface area contributed by atoms with E-state index < -0.39 is 0 Å². The van der Waals surface area contributed by atoms with E-state index in [2.05, 4.69) is 26.1 Å². The molecule has 0 saturated carbocycles. The van der Waals surface area contributed by atoms with E-state index >= 15 is 0 Å². The van der Waals surface area contributed by atoms with Crippen molar-refractivity contribution in [3.63, 3.8) is 0 Å². The van der Waals surface area contributed by atoms with Gasteiger partial charge >= 0.3 is 0 Å². The van der Waals surface area contributed by atoms with E-state index in [9.17, 15) is 9.90 Å². The van der Waals surface area contributed by atoms with Gasteiger partial charge < -0.3 is 15.3 Å². The molecule has 0 radical (unpaired) electrons. The number of amides is 1. The van der Waals surface area contributed by atoms with Crippen LogP contribution in [0.1, 0.15) is 36.0 Å². The molecule has 2 N–H and O–H groups in total. The summed E-state index contributed by atoms with van der Waals surface area (Å²) in [4.78, 5) is 14.8. The maximum atomic E-state index is 12.2. The zero-order valence-electron chi connectivity index (χ0n) is 11.3. The summed E-state index contributed by atoms with van der Waals surface area (Å²) in [6, 6.07) is 5.83. The highest BCUT2D eigenvalue weighted by atomic mass is 79.9. The largest absolute Gasteiger partial charge is 0.507 e. The Kier molecular flexibility index (Phi) is 3.98. The number of carbonyl (C=O) groups excluding carboxylic acids is 1. The first-order valence-corrected chi connectivity index (χ1v) is 7.96. The number of hydrogen-bond acceptors (Lipinski definition) is 3. The molecule has 0 spiro atoms. The van der Waals surface area contributed by atoms with Gasteiger partial charge in [0.1, 0.15) is 5.75 Å². The SMILES string of the molecule is O=C(NC1CCN2CCCC2C1)c1ccc(Br)c(O)c1. The van der Waals surface area contributed by atoms with Crippen LogP contribution in [0.3, 0.4) is 0 Å². The first kappa shape index (κ1) is 13.9. The van der Waals surface area contributed by atoms with Gasteiger partial charge in [0.05, 0.1) is 4.47 Å². The van der Waals surface area contributed by atoms with Crippen molar-refractivity contribution in [2.24, 2.45) is 0 Å². The van der Waals surface area contributed by atoms with E-state index in [-0.39, 0.29) is 17.7 Å². The van der Waals surface area contributed by atoms with Crippen molar-refractivity contribution in [3.05, 3.63) is 28.2 Å². The van der Waals surface area contributed by atoms with E-state index in [1.807, 2.05) is 0 Å². The Morgan fingerprint density at radius 1 is 1.35 bits per heavy atom. The average Bonchev–Trinajstić information content (AvgIpc) is 2.89. The number of rotatable bonds is 2. The van der Waals surface area contributed by atoms with Crippen molar-refractivity contribution < 1.29 is 9.90 Å². The molecular weight excluding hydrogens is 320 g/mol. The normalized spacial score (nSPS) is 26.2. The summed E-state index contributed by atoms with van der Waals surface area (Å²) in [5, 5.41) is 12.7. The summed E-state index contributed by atoms with van der Waals surface area (Å²) in [6.45, 7) is 2.30. The standard InChI is InChI=1S/C15H19BrN2O2/c16-13-4-3-10(8-14(13)19)15(20)17-11-5-7-18-6-1-2-12(18)9-11/h3-4,8,11-12,19H,1-2,5-7,9H2,(H,17,20). The molecule has 1 aromatic rings. The second-order valence-corrected chi connectivity index (χ2v) is 6.55. The lowest BCUT2D eigenvalue weighted by atomic mass is 9.97. The number of carbonyl (C=O) groups is 1. The fourth-order valence-corrected chi connectivity index (χ4v) is 3.52. The fraction of sp³-hybridized carbons (Fsp3) is 0.533. The van der Waals surface area contributed by atoms with Crippen molar-refractivity contribution in [3.8, 4) is 5.75 Å². The molecule has 20 heavy (non-hydrogen) atoms. The van der Waals surface area contributed by atoms with E-state index in [4.69, 9.17) is 0 Å². The van der Waals surface area contributed by atoms with Gasteiger partial charge in [0.2, 0.25) is 0 Å². The molecule has 1 amide bonds. The molecule has 5 heteroatoms. The highest BCUT2D eigenvalue weighted by Gasteiger charge is 2.32. The van der Waals surface area contributed by atoms with Crippen molar-refractivity contribution in [2.45, 2.75) is 37.8 Å². The number of nitrogens with one attached hydrogen (secondary N) is 1. The molecule has 1 aromatic carbocycles. The van der Waals surface area contributed by atoms with Crippen LogP contribution in [0.15, 0.2) is 22.7 Å². The molecule has 0 bridgehead atoms. The molecule has 2 saturated heterocycles. The van der Waals surface area contributed by atoms with Crippen LogP contribution in [0.5, 0.6) is 5.75 Å². The smallest absolute Gasteiger partial charge is 0.251 e. The Morgan fingerprint density at radius 3 is 3.00 bits per heavy atom. The third-order valence-electron chi connectivity index (χ3n) is 4.36. The predicted octanol–water partition coefficient (Wildman–Crippen LogP) is 2.51. The molecule has 108 valence electrons. The van der Waals surface area contributed by atoms with Crippen molar-refractivity contribution in [2.75, 3.05) is 13.1 Å². The van der Waals surface area contributed by atoms with Crippen molar-refractivity contribution in [1.29, 1.82) is 0 Å². The number of nitrogens with zero attached hydrogens (tertiary/aromatic N) is 1. The Morgan fingerprint density at radius 2 is 2.20 bits per heavy atom. The minimum Gasteiger partial charge on any atom is -0.507 e. The number of piperidine rings is 1. The Hall–Kier alpha value is -1.07. The Balaban J connectivity index is 1.62. The van der Waals surface area contributed by atoms with E-state index in [0.717, 1.165) is 19.4 Å². The highest BCUT2D eigenvalue weighted by molar-refractivity contribution is 9.10. The zero-order chi connectivity index (χ0) is 14.1. The maximum absolute atomic E-state index is 12.2. The first-order valence-electron chi connectivity index (χ1n) is 7.17. The van der Waals surface area contributed by atoms with E-state index in [1.165, 1.54) is 25.5 Å². The molecule has 2 aliphatic heterocycles. The lowest BCUT2D eigenvalue weighted by Gasteiger charge is -2.35. The summed E-state index contributed by atoms with van der Waals surface area (Å²) < 4.78 is 0.605. The Bertz CT molecular complexity index is 521. The van der Waals surface area contributed by atoms with Crippen LogP contribution in [0, 0.1) is 0 Å². The number of phenolic OH excluding ortho intramolecular Hbond substituents is 1. The summed E-state index contributed by atoms with van der Waals surface area (Å²) in [5.74, 6) is 0.00695. The number of aromatic hydroxyl groups is 1. The third kappa shape index (κ3) is 2.83. The summed E-state index contributed by atoms with van der Waals surface area (Å²) in [5.41, 5.74) is 0.513. The molecule has 2 aliphatic rings. The maximum Gasteiger partial charge on any atom is 0.251 e. The topological polar surface area (TPSA) is 52.6 Å². The van der Waals surface area contributed by atoms with Crippen LogP contribution in [-0.4, -0.2) is 41.1 Å². The van der Waals surface area contributed by atoms with Crippen molar-refractivity contribution in [1.82, 2.24) is 10.2 Å². The fourth-order valence-electron chi connectivity index (χ4n) is 3.28. The van der Waals surface area contributed by atoms with Crippen LogP contribution < -0.4 is 5.32 Å². The average molecular weight is 339 g/mol. The van der Waals surface area contributed by atoms with Gasteiger partial charge in [0.15, 0.2) is 0 Å². The van der Waals surface area contributed by atoms with E-state index in [1.54, 1.807) is 12.1 Å². The molecule has 4 nitrogen and oxygen atoms in total. The third-order valence-corrected chi connectivity index (χ3v) is 5.03. The summed E-state index contributed by atoms with van der Waals surface area (Å²) >= 11 is 3.22. The lowest BCUT2D eigenvalue weighted by molar-refractivity contribution is 0.0896. The minimum absolute atomic E-state index is 0.0933. The highest BCUT2D eigenvalue weighted by Crippen LogP contribution is 2.27. The van der Waals surface area contributed by atoms with Gasteiger partial charge in [0.25, 0.3) is 5.91 Å². The van der Waals surface area contributed by atoms with Crippen molar-refractivity contribution >= 4 is 21.8 Å². The van der Waals surface area contributed by atoms with Gasteiger partial charge in [-0.1, -0.05) is 0 Å². The molecule has 2 unspecified atom stereocenters. The zero-order valence-corrected chi connectivity index (χ0v) is 12.9. The number of phenols is 1. The predicted molar refractivity (Wildman–Crippen MR) is 80.9 cm³/mol. The molecule has 2 atom stereocenters. The van der Waals surface area contributed by atoms with Gasteiger partial charge in [-0.2, -0.15) is 0 Å². The summed E-state index contributed by atoms with van der Waals surface area (Å²) in [7, 11) is 0. The molecule has 0 aliphatic carbocycles. The molecular formula is C15H19BrN2O2. The Labute approximate surface area is 127 Å². The van der Waals surface area contributed by atoms with Gasteiger partial charge in [-0.15, -0.1) is 0 Å². The monoisotopic (exact) mass is 338 g/mol. The number of hydrogen-bond donors (Lipinski definition) is 2. The van der Waals surface area contributed by atoms with Crippen LogP contribution in [0.25, 0.3) is 0 Å². The molecule has 0 aromatic heterocycles. The van der Waals surface area contributed by atoms with Gasteiger partial charge in [-0.05, 0) is 66.4 Å². The number of fused-ring (bicyclic) bond motifs is 1.